The van der Waals surface area contributed by atoms with Crippen molar-refractivity contribution in [3.05, 3.63) is 29.3 Å². The van der Waals surface area contributed by atoms with Gasteiger partial charge in [0.2, 0.25) is 5.91 Å². The molecule has 0 bridgehead atoms. The van der Waals surface area contributed by atoms with Gasteiger partial charge in [-0.1, -0.05) is 19.9 Å². The Balaban J connectivity index is 1.88. The van der Waals surface area contributed by atoms with E-state index in [2.05, 4.69) is 29.0 Å². The first kappa shape index (κ1) is 19.4. The first-order chi connectivity index (χ1) is 11.9. The highest BCUT2D eigenvalue weighted by Gasteiger charge is 2.19. The van der Waals surface area contributed by atoms with E-state index in [0.717, 1.165) is 38.3 Å². The molecular weight excluding hydrogens is 318 g/mol. The number of carbonyl (C=O) groups excluding carboxylic acids is 2. The minimum atomic E-state index is -0.406. The summed E-state index contributed by atoms with van der Waals surface area (Å²) in [7, 11) is 1.35. The van der Waals surface area contributed by atoms with E-state index >= 15 is 0 Å². The zero-order valence-corrected chi connectivity index (χ0v) is 15.7. The molecule has 1 amide bonds. The van der Waals surface area contributed by atoms with Crippen molar-refractivity contribution >= 4 is 17.6 Å². The molecule has 6 heteroatoms. The highest BCUT2D eigenvalue weighted by Crippen LogP contribution is 2.17. The maximum atomic E-state index is 12.4. The number of rotatable bonds is 6. The van der Waals surface area contributed by atoms with E-state index in [0.29, 0.717) is 23.7 Å². The molecule has 1 fully saturated rings. The van der Waals surface area contributed by atoms with Gasteiger partial charge in [0.25, 0.3) is 0 Å². The minimum Gasteiger partial charge on any atom is -0.465 e. The number of esters is 1. The van der Waals surface area contributed by atoms with Gasteiger partial charge >= 0.3 is 5.97 Å². The molecule has 1 aliphatic rings. The highest BCUT2D eigenvalue weighted by molar-refractivity contribution is 5.96. The number of piperazine rings is 1. The second-order valence-corrected chi connectivity index (χ2v) is 7.04. The van der Waals surface area contributed by atoms with Crippen LogP contribution < -0.4 is 5.32 Å². The summed E-state index contributed by atoms with van der Waals surface area (Å²) in [5.41, 5.74) is 2.01. The summed E-state index contributed by atoms with van der Waals surface area (Å²) in [6, 6.07) is 5.18. The van der Waals surface area contributed by atoms with Crippen molar-refractivity contribution in [2.45, 2.75) is 20.8 Å². The van der Waals surface area contributed by atoms with Crippen LogP contribution in [-0.2, 0) is 9.53 Å². The smallest absolute Gasteiger partial charge is 0.337 e. The summed E-state index contributed by atoms with van der Waals surface area (Å²) in [4.78, 5) is 28.6. The van der Waals surface area contributed by atoms with Crippen LogP contribution in [0.1, 0.15) is 29.8 Å². The molecule has 2 rings (SSSR count). The third kappa shape index (κ3) is 5.83. The molecule has 0 spiro atoms. The zero-order valence-electron chi connectivity index (χ0n) is 15.7. The molecule has 1 saturated heterocycles. The molecule has 0 aliphatic carbocycles. The summed E-state index contributed by atoms with van der Waals surface area (Å²) in [5.74, 6) is 0.208. The van der Waals surface area contributed by atoms with Gasteiger partial charge in [-0.15, -0.1) is 0 Å². The lowest BCUT2D eigenvalue weighted by Gasteiger charge is -2.35. The van der Waals surface area contributed by atoms with Crippen molar-refractivity contribution in [1.29, 1.82) is 0 Å². The fourth-order valence-corrected chi connectivity index (χ4v) is 3.04. The summed E-state index contributed by atoms with van der Waals surface area (Å²) in [6.45, 7) is 11.7. The van der Waals surface area contributed by atoms with Crippen LogP contribution in [0.4, 0.5) is 5.69 Å². The van der Waals surface area contributed by atoms with Crippen LogP contribution in [0.3, 0.4) is 0 Å². The number of hydrogen-bond donors (Lipinski definition) is 1. The molecule has 1 heterocycles. The van der Waals surface area contributed by atoms with Crippen LogP contribution >= 0.6 is 0 Å². The second kappa shape index (κ2) is 8.97. The van der Waals surface area contributed by atoms with Gasteiger partial charge < -0.3 is 15.0 Å². The molecular formula is C19H29N3O3. The molecule has 0 atom stereocenters. The minimum absolute atomic E-state index is 0.0533. The van der Waals surface area contributed by atoms with E-state index in [4.69, 9.17) is 4.74 Å². The second-order valence-electron chi connectivity index (χ2n) is 7.04. The normalized spacial score (nSPS) is 16.0. The Bertz CT molecular complexity index is 608. The average molecular weight is 347 g/mol. The topological polar surface area (TPSA) is 61.9 Å². The van der Waals surface area contributed by atoms with Crippen molar-refractivity contribution in [1.82, 2.24) is 9.80 Å². The maximum absolute atomic E-state index is 12.4. The lowest BCUT2D eigenvalue weighted by atomic mass is 10.1. The number of aryl methyl sites for hydroxylation is 1. The Hall–Kier alpha value is -1.92. The predicted molar refractivity (Wildman–Crippen MR) is 98.9 cm³/mol. The van der Waals surface area contributed by atoms with Crippen molar-refractivity contribution in [2.75, 3.05) is 51.7 Å². The molecule has 1 aliphatic heterocycles. The van der Waals surface area contributed by atoms with Gasteiger partial charge in [0.05, 0.1) is 19.2 Å². The number of methoxy groups -OCH3 is 1. The standard InChI is InChI=1S/C19H29N3O3/c1-14(2)12-21-7-9-22(10-8-21)13-18(23)20-17-11-16(19(24)25-4)6-5-15(17)3/h5-6,11,14H,7-10,12-13H2,1-4H3,(H,20,23). The van der Waals surface area contributed by atoms with Crippen LogP contribution in [0.25, 0.3) is 0 Å². The van der Waals surface area contributed by atoms with Crippen LogP contribution in [0.2, 0.25) is 0 Å². The van der Waals surface area contributed by atoms with E-state index in [9.17, 15) is 9.59 Å². The van der Waals surface area contributed by atoms with Crippen molar-refractivity contribution < 1.29 is 14.3 Å². The van der Waals surface area contributed by atoms with Gasteiger partial charge in [-0.2, -0.15) is 0 Å². The Morgan fingerprint density at radius 2 is 1.80 bits per heavy atom. The monoisotopic (exact) mass is 347 g/mol. The van der Waals surface area contributed by atoms with E-state index in [-0.39, 0.29) is 5.91 Å². The van der Waals surface area contributed by atoms with Gasteiger partial charge in [-0.3, -0.25) is 9.69 Å². The Labute approximate surface area is 150 Å². The number of ether oxygens (including phenoxy) is 1. The van der Waals surface area contributed by atoms with E-state index in [1.165, 1.54) is 7.11 Å². The van der Waals surface area contributed by atoms with Crippen LogP contribution in [0, 0.1) is 12.8 Å². The molecule has 1 aromatic carbocycles. The summed E-state index contributed by atoms with van der Waals surface area (Å²) >= 11 is 0. The van der Waals surface area contributed by atoms with Crippen molar-refractivity contribution in [3.8, 4) is 0 Å². The molecule has 0 radical (unpaired) electrons. The Morgan fingerprint density at radius 3 is 2.40 bits per heavy atom. The quantitative estimate of drug-likeness (QED) is 0.798. The molecule has 1 aromatic rings. The average Bonchev–Trinajstić information content (AvgIpc) is 2.57. The van der Waals surface area contributed by atoms with Crippen LogP contribution in [0.5, 0.6) is 0 Å². The zero-order chi connectivity index (χ0) is 18.4. The number of nitrogens with one attached hydrogen (secondary N) is 1. The number of benzene rings is 1. The lowest BCUT2D eigenvalue weighted by molar-refractivity contribution is -0.117. The molecule has 0 aromatic heterocycles. The van der Waals surface area contributed by atoms with Crippen LogP contribution in [0.15, 0.2) is 18.2 Å². The van der Waals surface area contributed by atoms with E-state index in [1.807, 2.05) is 13.0 Å². The summed E-state index contributed by atoms with van der Waals surface area (Å²) in [6.07, 6.45) is 0. The fraction of sp³-hybridized carbons (Fsp3) is 0.579. The number of hydrogen-bond acceptors (Lipinski definition) is 5. The first-order valence-electron chi connectivity index (χ1n) is 8.82. The third-order valence-electron chi connectivity index (χ3n) is 4.39. The number of nitrogens with zero attached hydrogens (tertiary/aromatic N) is 2. The van der Waals surface area contributed by atoms with Gasteiger partial charge in [-0.05, 0) is 30.5 Å². The van der Waals surface area contributed by atoms with Gasteiger partial charge in [0.1, 0.15) is 0 Å². The first-order valence-corrected chi connectivity index (χ1v) is 8.82. The molecule has 0 saturated carbocycles. The summed E-state index contributed by atoms with van der Waals surface area (Å²) in [5, 5.41) is 2.92. The third-order valence-corrected chi connectivity index (χ3v) is 4.39. The Morgan fingerprint density at radius 1 is 1.16 bits per heavy atom. The van der Waals surface area contributed by atoms with Crippen molar-refractivity contribution in [2.24, 2.45) is 5.92 Å². The highest BCUT2D eigenvalue weighted by atomic mass is 16.5. The largest absolute Gasteiger partial charge is 0.465 e. The molecule has 6 nitrogen and oxygen atoms in total. The van der Waals surface area contributed by atoms with Gasteiger partial charge in [0.15, 0.2) is 0 Å². The maximum Gasteiger partial charge on any atom is 0.337 e. The molecule has 1 N–H and O–H groups in total. The van der Waals surface area contributed by atoms with Crippen LogP contribution in [-0.4, -0.2) is 68.1 Å². The summed E-state index contributed by atoms with van der Waals surface area (Å²) < 4.78 is 4.73. The number of carbonyl (C=O) groups is 2. The van der Waals surface area contributed by atoms with Gasteiger partial charge in [-0.25, -0.2) is 4.79 Å². The number of amides is 1. The van der Waals surface area contributed by atoms with Crippen molar-refractivity contribution in [3.63, 3.8) is 0 Å². The molecule has 0 unspecified atom stereocenters. The Kier molecular flexibility index (Phi) is 6.96. The number of anilines is 1. The fourth-order valence-electron chi connectivity index (χ4n) is 3.04. The lowest BCUT2D eigenvalue weighted by Crippen LogP contribution is -2.49. The predicted octanol–water partition coefficient (Wildman–Crippen LogP) is 1.99. The SMILES string of the molecule is COC(=O)c1ccc(C)c(NC(=O)CN2CCN(CC(C)C)CC2)c1. The molecule has 138 valence electrons. The molecule has 25 heavy (non-hydrogen) atoms. The van der Waals surface area contributed by atoms with E-state index in [1.54, 1.807) is 12.1 Å². The van der Waals surface area contributed by atoms with Gasteiger partial charge in [0, 0.05) is 38.4 Å². The van der Waals surface area contributed by atoms with E-state index < -0.39 is 5.97 Å².